The SMILES string of the molecule is CC(C)NCC(C)S(=O)(=O)NCc1ccccc1Br. The van der Waals surface area contributed by atoms with Crippen LogP contribution < -0.4 is 10.0 Å². The van der Waals surface area contributed by atoms with Gasteiger partial charge in [-0.15, -0.1) is 0 Å². The predicted molar refractivity (Wildman–Crippen MR) is 82.5 cm³/mol. The lowest BCUT2D eigenvalue weighted by molar-refractivity contribution is 0.540. The van der Waals surface area contributed by atoms with Gasteiger partial charge in [0.05, 0.1) is 5.25 Å². The number of sulfonamides is 1. The summed E-state index contributed by atoms with van der Waals surface area (Å²) in [5.74, 6) is 0. The Morgan fingerprint density at radius 2 is 1.84 bits per heavy atom. The summed E-state index contributed by atoms with van der Waals surface area (Å²) in [5.41, 5.74) is 0.926. The lowest BCUT2D eigenvalue weighted by Crippen LogP contribution is -2.40. The van der Waals surface area contributed by atoms with Gasteiger partial charge < -0.3 is 5.32 Å². The van der Waals surface area contributed by atoms with E-state index in [9.17, 15) is 8.42 Å². The first-order chi connectivity index (χ1) is 8.83. The Labute approximate surface area is 124 Å². The van der Waals surface area contributed by atoms with E-state index in [0.29, 0.717) is 13.1 Å². The van der Waals surface area contributed by atoms with Crippen LogP contribution in [0.3, 0.4) is 0 Å². The Bertz CT molecular complexity index is 503. The average molecular weight is 349 g/mol. The number of benzene rings is 1. The molecule has 0 fully saturated rings. The van der Waals surface area contributed by atoms with Gasteiger partial charge in [-0.1, -0.05) is 48.0 Å². The fourth-order valence-corrected chi connectivity index (χ4v) is 2.86. The van der Waals surface area contributed by atoms with Crippen LogP contribution in [0.2, 0.25) is 0 Å². The monoisotopic (exact) mass is 348 g/mol. The minimum absolute atomic E-state index is 0.279. The molecular weight excluding hydrogens is 328 g/mol. The van der Waals surface area contributed by atoms with Crippen molar-refractivity contribution in [1.29, 1.82) is 0 Å². The molecule has 0 aliphatic carbocycles. The van der Waals surface area contributed by atoms with Crippen molar-refractivity contribution >= 4 is 26.0 Å². The molecule has 0 aliphatic rings. The summed E-state index contributed by atoms with van der Waals surface area (Å²) in [6.07, 6.45) is 0. The zero-order valence-corrected chi connectivity index (χ0v) is 13.9. The summed E-state index contributed by atoms with van der Waals surface area (Å²) in [7, 11) is -3.30. The van der Waals surface area contributed by atoms with Crippen molar-refractivity contribution in [2.45, 2.75) is 38.6 Å². The van der Waals surface area contributed by atoms with E-state index in [1.165, 1.54) is 0 Å². The molecule has 4 nitrogen and oxygen atoms in total. The molecule has 1 unspecified atom stereocenters. The van der Waals surface area contributed by atoms with E-state index in [2.05, 4.69) is 26.0 Å². The van der Waals surface area contributed by atoms with E-state index in [-0.39, 0.29) is 6.04 Å². The maximum Gasteiger partial charge on any atom is 0.215 e. The number of rotatable bonds is 7. The van der Waals surface area contributed by atoms with Crippen molar-refractivity contribution in [2.24, 2.45) is 0 Å². The zero-order chi connectivity index (χ0) is 14.5. The van der Waals surface area contributed by atoms with Crippen molar-refractivity contribution < 1.29 is 8.42 Å². The molecule has 0 aliphatic heterocycles. The summed E-state index contributed by atoms with van der Waals surface area (Å²) in [6.45, 7) is 6.44. The Morgan fingerprint density at radius 1 is 1.21 bits per heavy atom. The van der Waals surface area contributed by atoms with Crippen molar-refractivity contribution in [2.75, 3.05) is 6.54 Å². The first kappa shape index (κ1) is 16.6. The summed E-state index contributed by atoms with van der Waals surface area (Å²) >= 11 is 3.40. The summed E-state index contributed by atoms with van der Waals surface area (Å²) in [6, 6.07) is 7.85. The number of halogens is 1. The van der Waals surface area contributed by atoms with Crippen LogP contribution in [-0.2, 0) is 16.6 Å². The van der Waals surface area contributed by atoms with Gasteiger partial charge in [-0.3, -0.25) is 0 Å². The van der Waals surface area contributed by atoms with Gasteiger partial charge in [-0.25, -0.2) is 13.1 Å². The number of hydrogen-bond acceptors (Lipinski definition) is 3. The standard InChI is InChI=1S/C13H21BrN2O2S/c1-10(2)15-8-11(3)19(17,18)16-9-12-6-4-5-7-13(12)14/h4-7,10-11,15-16H,8-9H2,1-3H3. The minimum Gasteiger partial charge on any atom is -0.313 e. The van der Waals surface area contributed by atoms with E-state index in [1.54, 1.807) is 6.92 Å². The molecule has 0 aromatic heterocycles. The molecule has 6 heteroatoms. The van der Waals surface area contributed by atoms with E-state index in [4.69, 9.17) is 0 Å². The third kappa shape index (κ3) is 5.60. The number of nitrogens with one attached hydrogen (secondary N) is 2. The molecule has 1 atom stereocenters. The highest BCUT2D eigenvalue weighted by Gasteiger charge is 2.20. The molecule has 0 heterocycles. The highest BCUT2D eigenvalue weighted by Crippen LogP contribution is 2.15. The third-order valence-corrected chi connectivity index (χ3v) is 5.31. The normalized spacial score (nSPS) is 13.7. The highest BCUT2D eigenvalue weighted by molar-refractivity contribution is 9.10. The molecular formula is C13H21BrN2O2S. The Morgan fingerprint density at radius 3 is 2.42 bits per heavy atom. The van der Waals surface area contributed by atoms with E-state index in [1.807, 2.05) is 38.1 Å². The maximum absolute atomic E-state index is 12.1. The van der Waals surface area contributed by atoms with Crippen molar-refractivity contribution in [1.82, 2.24) is 10.0 Å². The van der Waals surface area contributed by atoms with Gasteiger partial charge in [-0.2, -0.15) is 0 Å². The quantitative estimate of drug-likeness (QED) is 0.794. The minimum atomic E-state index is -3.30. The molecule has 0 saturated carbocycles. The molecule has 0 saturated heterocycles. The van der Waals surface area contributed by atoms with Crippen LogP contribution in [0, 0.1) is 0 Å². The first-order valence-corrected chi connectivity index (χ1v) is 8.62. The zero-order valence-electron chi connectivity index (χ0n) is 11.5. The van der Waals surface area contributed by atoms with E-state index < -0.39 is 15.3 Å². The molecule has 19 heavy (non-hydrogen) atoms. The molecule has 0 bridgehead atoms. The van der Waals surface area contributed by atoms with Crippen LogP contribution in [-0.4, -0.2) is 26.3 Å². The second kappa shape index (κ2) is 7.38. The van der Waals surface area contributed by atoms with Crippen molar-refractivity contribution in [3.63, 3.8) is 0 Å². The fraction of sp³-hybridized carbons (Fsp3) is 0.538. The first-order valence-electron chi connectivity index (χ1n) is 6.28. The third-order valence-electron chi connectivity index (χ3n) is 2.76. The second-order valence-corrected chi connectivity index (χ2v) is 7.87. The topological polar surface area (TPSA) is 58.2 Å². The molecule has 2 N–H and O–H groups in total. The molecule has 108 valence electrons. The smallest absolute Gasteiger partial charge is 0.215 e. The van der Waals surface area contributed by atoms with Crippen LogP contribution in [0.15, 0.2) is 28.7 Å². The van der Waals surface area contributed by atoms with Crippen molar-refractivity contribution in [3.8, 4) is 0 Å². The molecule has 1 aromatic rings. The molecule has 0 amide bonds. The van der Waals surface area contributed by atoms with Gasteiger partial charge in [0.15, 0.2) is 0 Å². The van der Waals surface area contributed by atoms with Gasteiger partial charge in [0.1, 0.15) is 0 Å². The van der Waals surface area contributed by atoms with Crippen molar-refractivity contribution in [3.05, 3.63) is 34.3 Å². The van der Waals surface area contributed by atoms with Crippen LogP contribution in [0.4, 0.5) is 0 Å². The molecule has 1 aromatic carbocycles. The second-order valence-electron chi connectivity index (χ2n) is 4.83. The van der Waals surface area contributed by atoms with Crippen LogP contribution >= 0.6 is 15.9 Å². The lowest BCUT2D eigenvalue weighted by atomic mass is 10.2. The van der Waals surface area contributed by atoms with Gasteiger partial charge >= 0.3 is 0 Å². The molecule has 0 spiro atoms. The summed E-state index contributed by atoms with van der Waals surface area (Å²) in [4.78, 5) is 0. The fourth-order valence-electron chi connectivity index (χ4n) is 1.47. The van der Waals surface area contributed by atoms with Gasteiger partial charge in [0.2, 0.25) is 10.0 Å². The van der Waals surface area contributed by atoms with Crippen LogP contribution in [0.1, 0.15) is 26.3 Å². The maximum atomic E-state index is 12.1. The molecule has 1 rings (SSSR count). The van der Waals surface area contributed by atoms with Gasteiger partial charge in [-0.05, 0) is 18.6 Å². The summed E-state index contributed by atoms with van der Waals surface area (Å²) < 4.78 is 27.7. The van der Waals surface area contributed by atoms with Gasteiger partial charge in [0, 0.05) is 23.6 Å². The summed E-state index contributed by atoms with van der Waals surface area (Å²) in [5, 5.41) is 2.67. The Balaban J connectivity index is 2.58. The van der Waals surface area contributed by atoms with E-state index >= 15 is 0 Å². The molecule has 0 radical (unpaired) electrons. The van der Waals surface area contributed by atoms with Crippen LogP contribution in [0.25, 0.3) is 0 Å². The number of hydrogen-bond donors (Lipinski definition) is 2. The van der Waals surface area contributed by atoms with Crippen LogP contribution in [0.5, 0.6) is 0 Å². The Kier molecular flexibility index (Phi) is 6.46. The predicted octanol–water partition coefficient (Wildman–Crippen LogP) is 2.25. The lowest BCUT2D eigenvalue weighted by Gasteiger charge is -2.16. The average Bonchev–Trinajstić information content (AvgIpc) is 2.34. The highest BCUT2D eigenvalue weighted by atomic mass is 79.9. The largest absolute Gasteiger partial charge is 0.313 e. The Hall–Kier alpha value is -0.430. The van der Waals surface area contributed by atoms with E-state index in [0.717, 1.165) is 10.0 Å². The van der Waals surface area contributed by atoms with Gasteiger partial charge in [0.25, 0.3) is 0 Å².